The van der Waals surface area contributed by atoms with E-state index in [0.29, 0.717) is 11.7 Å². The van der Waals surface area contributed by atoms with Crippen molar-refractivity contribution in [1.29, 1.82) is 0 Å². The Hall–Kier alpha value is -2.92. The summed E-state index contributed by atoms with van der Waals surface area (Å²) in [5.74, 6) is 0.0268. The Balaban J connectivity index is 1.41. The third-order valence-corrected chi connectivity index (χ3v) is 5.80. The minimum absolute atomic E-state index is 0.0268. The number of amides is 1. The second kappa shape index (κ2) is 7.24. The Bertz CT molecular complexity index is 949. The fourth-order valence-corrected chi connectivity index (χ4v) is 4.12. The lowest BCUT2D eigenvalue weighted by atomic mass is 10.0. The van der Waals surface area contributed by atoms with Crippen molar-refractivity contribution in [3.8, 4) is 11.3 Å². The zero-order valence-corrected chi connectivity index (χ0v) is 15.8. The number of carbonyl (C=O) groups is 1. The summed E-state index contributed by atoms with van der Waals surface area (Å²) in [5, 5.41) is 7.34. The van der Waals surface area contributed by atoms with E-state index in [1.807, 2.05) is 47.4 Å². The van der Waals surface area contributed by atoms with Gasteiger partial charge < -0.3 is 4.90 Å². The summed E-state index contributed by atoms with van der Waals surface area (Å²) in [6.45, 7) is 2.59. The molecule has 1 N–H and O–H groups in total. The fraction of sp³-hybridized carbons (Fsp3) is 0.304. The van der Waals surface area contributed by atoms with Gasteiger partial charge in [0.05, 0.1) is 11.7 Å². The first-order valence-electron chi connectivity index (χ1n) is 10.0. The maximum Gasteiger partial charge on any atom is 0.272 e. The number of nitrogens with zero attached hydrogens (tertiary/aromatic N) is 3. The van der Waals surface area contributed by atoms with Gasteiger partial charge in [0.25, 0.3) is 5.91 Å². The van der Waals surface area contributed by atoms with Gasteiger partial charge in [-0.15, -0.1) is 0 Å². The van der Waals surface area contributed by atoms with Gasteiger partial charge >= 0.3 is 0 Å². The third kappa shape index (κ3) is 3.34. The highest BCUT2D eigenvalue weighted by Crippen LogP contribution is 2.34. The number of aromatic nitrogens is 2. The number of aromatic amines is 1. The van der Waals surface area contributed by atoms with E-state index in [1.54, 1.807) is 0 Å². The van der Waals surface area contributed by atoms with Crippen molar-refractivity contribution >= 4 is 5.91 Å². The smallest absolute Gasteiger partial charge is 0.272 e. The van der Waals surface area contributed by atoms with Crippen molar-refractivity contribution in [3.05, 3.63) is 78.0 Å². The monoisotopic (exact) mass is 372 g/mol. The van der Waals surface area contributed by atoms with Crippen molar-refractivity contribution in [2.45, 2.75) is 24.9 Å². The van der Waals surface area contributed by atoms with E-state index in [1.165, 1.54) is 18.4 Å². The Labute approximate surface area is 165 Å². The van der Waals surface area contributed by atoms with Crippen LogP contribution in [0.5, 0.6) is 0 Å². The van der Waals surface area contributed by atoms with Crippen molar-refractivity contribution in [1.82, 2.24) is 20.0 Å². The molecular weight excluding hydrogens is 348 g/mol. The van der Waals surface area contributed by atoms with Crippen LogP contribution in [0, 0.1) is 0 Å². The van der Waals surface area contributed by atoms with Gasteiger partial charge in [-0.05, 0) is 24.5 Å². The summed E-state index contributed by atoms with van der Waals surface area (Å²) >= 11 is 0. The standard InChI is InChI=1S/C23H24N4O/c28-23(21-15-20(24-25-21)17-7-3-1-4-8-17)27-14-13-26(19-11-12-19)16-22(27)18-9-5-2-6-10-18/h1-10,15,19,22H,11-14,16H2,(H,24,25). The van der Waals surface area contributed by atoms with Gasteiger partial charge in [0, 0.05) is 31.2 Å². The van der Waals surface area contributed by atoms with E-state index in [-0.39, 0.29) is 11.9 Å². The minimum Gasteiger partial charge on any atom is -0.328 e. The Morgan fingerprint density at radius 3 is 2.39 bits per heavy atom. The van der Waals surface area contributed by atoms with Crippen LogP contribution >= 0.6 is 0 Å². The second-order valence-electron chi connectivity index (χ2n) is 7.68. The average molecular weight is 372 g/mol. The lowest BCUT2D eigenvalue weighted by molar-refractivity contribution is 0.0427. The molecule has 0 radical (unpaired) electrons. The van der Waals surface area contributed by atoms with E-state index in [4.69, 9.17) is 0 Å². The van der Waals surface area contributed by atoms with Crippen LogP contribution in [0.15, 0.2) is 66.7 Å². The zero-order valence-electron chi connectivity index (χ0n) is 15.8. The van der Waals surface area contributed by atoms with Gasteiger partial charge in [-0.2, -0.15) is 5.10 Å². The van der Waals surface area contributed by atoms with Gasteiger partial charge in [0.15, 0.2) is 0 Å². The largest absolute Gasteiger partial charge is 0.328 e. The van der Waals surface area contributed by atoms with Gasteiger partial charge in [0.2, 0.25) is 0 Å². The molecule has 5 heteroatoms. The molecule has 142 valence electrons. The second-order valence-corrected chi connectivity index (χ2v) is 7.68. The molecule has 2 aromatic carbocycles. The summed E-state index contributed by atoms with van der Waals surface area (Å²) < 4.78 is 0. The van der Waals surface area contributed by atoms with E-state index >= 15 is 0 Å². The summed E-state index contributed by atoms with van der Waals surface area (Å²) in [5.41, 5.74) is 3.57. The molecule has 5 nitrogen and oxygen atoms in total. The van der Waals surface area contributed by atoms with Crippen LogP contribution in [0.4, 0.5) is 0 Å². The first-order chi connectivity index (χ1) is 13.8. The molecule has 3 aromatic rings. The van der Waals surface area contributed by atoms with E-state index in [9.17, 15) is 4.79 Å². The predicted molar refractivity (Wildman–Crippen MR) is 109 cm³/mol. The third-order valence-electron chi connectivity index (χ3n) is 5.80. The van der Waals surface area contributed by atoms with Crippen molar-refractivity contribution in [2.24, 2.45) is 0 Å². The van der Waals surface area contributed by atoms with Crippen LogP contribution in [0.1, 0.15) is 34.9 Å². The Kier molecular flexibility index (Phi) is 4.45. The molecule has 0 spiro atoms. The molecule has 2 fully saturated rings. The molecular formula is C23H24N4O. The molecule has 1 aliphatic carbocycles. The van der Waals surface area contributed by atoms with E-state index < -0.39 is 0 Å². The van der Waals surface area contributed by atoms with Crippen LogP contribution in [0.2, 0.25) is 0 Å². The topological polar surface area (TPSA) is 52.2 Å². The molecule has 1 aromatic heterocycles. The SMILES string of the molecule is O=C(c1cc(-c2ccccc2)n[nH]1)N1CCN(C2CC2)CC1c1ccccc1. The fourth-order valence-electron chi connectivity index (χ4n) is 4.12. The molecule has 1 aliphatic heterocycles. The molecule has 1 atom stereocenters. The lowest BCUT2D eigenvalue weighted by Crippen LogP contribution is -2.51. The number of benzene rings is 2. The van der Waals surface area contributed by atoms with Gasteiger partial charge in [0.1, 0.15) is 5.69 Å². The first-order valence-corrected chi connectivity index (χ1v) is 10.0. The summed E-state index contributed by atoms with van der Waals surface area (Å²) in [4.78, 5) is 17.9. The van der Waals surface area contributed by atoms with E-state index in [0.717, 1.165) is 30.9 Å². The van der Waals surface area contributed by atoms with Gasteiger partial charge in [-0.25, -0.2) is 0 Å². The number of H-pyrrole nitrogens is 1. The molecule has 1 saturated carbocycles. The van der Waals surface area contributed by atoms with Crippen LogP contribution in [-0.4, -0.2) is 51.6 Å². The molecule has 1 saturated heterocycles. The van der Waals surface area contributed by atoms with Crippen molar-refractivity contribution < 1.29 is 4.79 Å². The maximum absolute atomic E-state index is 13.4. The molecule has 5 rings (SSSR count). The first kappa shape index (κ1) is 17.2. The number of hydrogen-bond acceptors (Lipinski definition) is 3. The average Bonchev–Trinajstić information content (AvgIpc) is 3.50. The highest BCUT2D eigenvalue weighted by atomic mass is 16.2. The van der Waals surface area contributed by atoms with Crippen LogP contribution < -0.4 is 0 Å². The quantitative estimate of drug-likeness (QED) is 0.759. The molecule has 1 unspecified atom stereocenters. The van der Waals surface area contributed by atoms with Gasteiger partial charge in [-0.1, -0.05) is 60.7 Å². The van der Waals surface area contributed by atoms with E-state index in [2.05, 4.69) is 39.4 Å². The number of hydrogen-bond donors (Lipinski definition) is 1. The van der Waals surface area contributed by atoms with Crippen LogP contribution in [0.3, 0.4) is 0 Å². The maximum atomic E-state index is 13.4. The van der Waals surface area contributed by atoms with Crippen LogP contribution in [-0.2, 0) is 0 Å². The Morgan fingerprint density at radius 2 is 1.68 bits per heavy atom. The number of piperazine rings is 1. The number of carbonyl (C=O) groups excluding carboxylic acids is 1. The van der Waals surface area contributed by atoms with Crippen LogP contribution in [0.25, 0.3) is 11.3 Å². The molecule has 1 amide bonds. The highest BCUT2D eigenvalue weighted by molar-refractivity contribution is 5.93. The summed E-state index contributed by atoms with van der Waals surface area (Å²) in [6.07, 6.45) is 2.58. The van der Waals surface area contributed by atoms with Crippen molar-refractivity contribution in [2.75, 3.05) is 19.6 Å². The summed E-state index contributed by atoms with van der Waals surface area (Å²) in [6, 6.07) is 23.0. The lowest BCUT2D eigenvalue weighted by Gasteiger charge is -2.41. The molecule has 2 aliphatic rings. The normalized spacial score (nSPS) is 20.3. The highest BCUT2D eigenvalue weighted by Gasteiger charge is 2.38. The predicted octanol–water partition coefficient (Wildman–Crippen LogP) is 3.74. The Morgan fingerprint density at radius 1 is 0.964 bits per heavy atom. The minimum atomic E-state index is 0.0268. The number of nitrogens with one attached hydrogen (secondary N) is 1. The molecule has 0 bridgehead atoms. The number of rotatable bonds is 4. The zero-order chi connectivity index (χ0) is 18.9. The molecule has 28 heavy (non-hydrogen) atoms. The van der Waals surface area contributed by atoms with Gasteiger partial charge in [-0.3, -0.25) is 14.8 Å². The molecule has 2 heterocycles. The summed E-state index contributed by atoms with van der Waals surface area (Å²) in [7, 11) is 0. The van der Waals surface area contributed by atoms with Crippen molar-refractivity contribution in [3.63, 3.8) is 0 Å².